The molecule has 29 heavy (non-hydrogen) atoms. The van der Waals surface area contributed by atoms with Crippen molar-refractivity contribution in [3.63, 3.8) is 0 Å². The van der Waals surface area contributed by atoms with E-state index < -0.39 is 10.2 Å². The number of likely N-dealkylation sites (tertiary alicyclic amines) is 1. The lowest BCUT2D eigenvalue weighted by molar-refractivity contribution is -0.140. The summed E-state index contributed by atoms with van der Waals surface area (Å²) in [7, 11) is -3.83. The van der Waals surface area contributed by atoms with E-state index in [4.69, 9.17) is 10.5 Å². The molecule has 2 fully saturated rings. The number of nitrogens with one attached hydrogen (secondary N) is 1. The van der Waals surface area contributed by atoms with Crippen LogP contribution in [0.4, 0.5) is 5.69 Å². The second kappa shape index (κ2) is 7.85. The number of ether oxygens (including phenoxy) is 1. The molecule has 1 saturated heterocycles. The summed E-state index contributed by atoms with van der Waals surface area (Å²) < 4.78 is 35.4. The summed E-state index contributed by atoms with van der Waals surface area (Å²) in [6, 6.07) is 5.09. The summed E-state index contributed by atoms with van der Waals surface area (Å²) in [5.74, 6) is 1.38. The van der Waals surface area contributed by atoms with Gasteiger partial charge in [-0.25, -0.2) is 0 Å². The van der Waals surface area contributed by atoms with Gasteiger partial charge in [0.1, 0.15) is 12.4 Å². The smallest absolute Gasteiger partial charge is 0.344 e. The Morgan fingerprint density at radius 2 is 2.14 bits per heavy atom. The summed E-state index contributed by atoms with van der Waals surface area (Å²) in [5, 5.41) is 0. The summed E-state index contributed by atoms with van der Waals surface area (Å²) in [5.41, 5.74) is 6.69. The summed E-state index contributed by atoms with van der Waals surface area (Å²) in [6.07, 6.45) is 6.06. The van der Waals surface area contributed by atoms with Gasteiger partial charge < -0.3 is 15.4 Å². The Bertz CT molecular complexity index is 930. The van der Waals surface area contributed by atoms with Crippen molar-refractivity contribution < 1.29 is 17.9 Å². The molecule has 4 rings (SSSR count). The molecule has 1 amide bonds. The Balaban J connectivity index is 1.49. The fraction of sp³-hybridized carbons (Fsp3) is 0.600. The fourth-order valence-electron chi connectivity index (χ4n) is 4.65. The Morgan fingerprint density at radius 3 is 2.90 bits per heavy atom. The van der Waals surface area contributed by atoms with Crippen LogP contribution >= 0.6 is 0 Å². The lowest BCUT2D eigenvalue weighted by atomic mass is 9.98. The number of hydrogen-bond donors (Lipinski definition) is 2. The quantitative estimate of drug-likeness (QED) is 0.775. The van der Waals surface area contributed by atoms with E-state index in [-0.39, 0.29) is 23.7 Å². The van der Waals surface area contributed by atoms with Crippen molar-refractivity contribution in [1.82, 2.24) is 4.90 Å². The molecule has 9 heteroatoms. The number of anilines is 1. The standard InChI is InChI=1S/C20H28N4O4S/c1-13-8-9-14(11-13)20(25)24-10-3-2-5-15(24)12-28-17-7-4-6-16-18(17)19(21)23-29(26,27)22-16/h4,6-7,13-15,22H,2-3,5,8-12H2,1H3,(H2,21,23)/t13?,14?,15-/m1/s1. The molecule has 3 aliphatic rings. The van der Waals surface area contributed by atoms with Gasteiger partial charge in [-0.1, -0.05) is 13.0 Å². The summed E-state index contributed by atoms with van der Waals surface area (Å²) in [4.78, 5) is 15.1. The van der Waals surface area contributed by atoms with Crippen LogP contribution in [0.25, 0.3) is 0 Å². The highest BCUT2D eigenvalue weighted by atomic mass is 32.2. The van der Waals surface area contributed by atoms with E-state index in [2.05, 4.69) is 16.0 Å². The Kier molecular flexibility index (Phi) is 5.42. The molecule has 158 valence electrons. The second-order valence-corrected chi connectivity index (χ2v) is 9.68. The van der Waals surface area contributed by atoms with E-state index in [0.717, 1.165) is 45.1 Å². The van der Waals surface area contributed by atoms with Crippen LogP contribution < -0.4 is 15.2 Å². The lowest BCUT2D eigenvalue weighted by Gasteiger charge is -2.37. The number of piperidine rings is 1. The van der Waals surface area contributed by atoms with Crippen LogP contribution in [-0.4, -0.2) is 44.3 Å². The number of nitrogens with two attached hydrogens (primary N) is 1. The highest BCUT2D eigenvalue weighted by Crippen LogP contribution is 2.34. The molecule has 0 aromatic heterocycles. The van der Waals surface area contributed by atoms with E-state index in [1.54, 1.807) is 18.2 Å². The first-order valence-corrected chi connectivity index (χ1v) is 11.7. The number of rotatable bonds is 4. The zero-order valence-electron chi connectivity index (χ0n) is 16.6. The molecular formula is C20H28N4O4S. The predicted molar refractivity (Wildman–Crippen MR) is 111 cm³/mol. The van der Waals surface area contributed by atoms with E-state index in [9.17, 15) is 13.2 Å². The van der Waals surface area contributed by atoms with Crippen molar-refractivity contribution in [3.8, 4) is 5.75 Å². The van der Waals surface area contributed by atoms with Crippen molar-refractivity contribution in [1.29, 1.82) is 0 Å². The van der Waals surface area contributed by atoms with Crippen molar-refractivity contribution in [3.05, 3.63) is 23.8 Å². The van der Waals surface area contributed by atoms with Gasteiger partial charge in [-0.2, -0.15) is 8.42 Å². The van der Waals surface area contributed by atoms with E-state index in [1.807, 2.05) is 4.90 Å². The number of benzene rings is 1. The van der Waals surface area contributed by atoms with Crippen LogP contribution in [-0.2, 0) is 15.0 Å². The van der Waals surface area contributed by atoms with Crippen LogP contribution in [0.1, 0.15) is 51.0 Å². The third-order valence-electron chi connectivity index (χ3n) is 6.13. The van der Waals surface area contributed by atoms with Crippen LogP contribution in [0, 0.1) is 11.8 Å². The molecule has 3 atom stereocenters. The van der Waals surface area contributed by atoms with Crippen LogP contribution in [0.15, 0.2) is 22.6 Å². The van der Waals surface area contributed by atoms with Gasteiger partial charge in [-0.05, 0) is 56.6 Å². The monoisotopic (exact) mass is 420 g/mol. The van der Waals surface area contributed by atoms with Crippen molar-refractivity contribution in [2.24, 2.45) is 22.0 Å². The molecule has 1 aromatic rings. The number of nitrogens with zero attached hydrogens (tertiary/aromatic N) is 2. The van der Waals surface area contributed by atoms with Crippen molar-refractivity contribution in [2.75, 3.05) is 17.9 Å². The molecule has 0 bridgehead atoms. The molecule has 1 aromatic carbocycles. The maximum Gasteiger partial charge on any atom is 0.344 e. The van der Waals surface area contributed by atoms with Gasteiger partial charge in [0, 0.05) is 12.5 Å². The molecule has 2 unspecified atom stereocenters. The number of amides is 1. The SMILES string of the molecule is CC1CCC(C(=O)N2CCCC[C@@H]2COc2cccc3c2C(N)=NS(=O)(=O)N3)C1. The molecule has 1 aliphatic carbocycles. The second-order valence-electron chi connectivity index (χ2n) is 8.34. The molecule has 0 radical (unpaired) electrons. The minimum absolute atomic E-state index is 0.0152. The van der Waals surface area contributed by atoms with Crippen LogP contribution in [0.3, 0.4) is 0 Å². The first-order chi connectivity index (χ1) is 13.8. The molecule has 8 nitrogen and oxygen atoms in total. The topological polar surface area (TPSA) is 114 Å². The van der Waals surface area contributed by atoms with Crippen LogP contribution in [0.2, 0.25) is 0 Å². The fourth-order valence-corrected chi connectivity index (χ4v) is 5.50. The van der Waals surface area contributed by atoms with E-state index in [1.165, 1.54) is 0 Å². The summed E-state index contributed by atoms with van der Waals surface area (Å²) in [6.45, 7) is 3.33. The highest BCUT2D eigenvalue weighted by molar-refractivity contribution is 7.91. The average Bonchev–Trinajstić information content (AvgIpc) is 3.11. The zero-order valence-corrected chi connectivity index (χ0v) is 17.5. The van der Waals surface area contributed by atoms with Crippen molar-refractivity contribution >= 4 is 27.6 Å². The average molecular weight is 421 g/mol. The van der Waals surface area contributed by atoms with Gasteiger partial charge in [-0.3, -0.25) is 9.52 Å². The maximum atomic E-state index is 13.1. The predicted octanol–water partition coefficient (Wildman–Crippen LogP) is 2.26. The minimum atomic E-state index is -3.83. The lowest BCUT2D eigenvalue weighted by Crippen LogP contribution is -2.48. The Labute approximate surface area is 171 Å². The first-order valence-electron chi connectivity index (χ1n) is 10.3. The van der Waals surface area contributed by atoms with Gasteiger partial charge in [0.05, 0.1) is 17.3 Å². The number of fused-ring (bicyclic) bond motifs is 1. The number of carbonyl (C=O) groups is 1. The van der Waals surface area contributed by atoms with Gasteiger partial charge >= 0.3 is 10.2 Å². The van der Waals surface area contributed by atoms with Crippen molar-refractivity contribution in [2.45, 2.75) is 51.5 Å². The molecule has 2 aliphatic heterocycles. The Morgan fingerprint density at radius 1 is 1.31 bits per heavy atom. The first kappa shape index (κ1) is 20.0. The minimum Gasteiger partial charge on any atom is -0.491 e. The third-order valence-corrected chi connectivity index (χ3v) is 7.04. The molecule has 1 saturated carbocycles. The largest absolute Gasteiger partial charge is 0.491 e. The van der Waals surface area contributed by atoms with E-state index in [0.29, 0.717) is 29.5 Å². The summed E-state index contributed by atoms with van der Waals surface area (Å²) >= 11 is 0. The highest BCUT2D eigenvalue weighted by Gasteiger charge is 2.35. The van der Waals surface area contributed by atoms with Gasteiger partial charge in [-0.15, -0.1) is 4.40 Å². The molecule has 0 spiro atoms. The molecular weight excluding hydrogens is 392 g/mol. The number of hydrogen-bond acceptors (Lipinski definition) is 5. The van der Waals surface area contributed by atoms with Gasteiger partial charge in [0.15, 0.2) is 5.84 Å². The maximum absolute atomic E-state index is 13.1. The molecule has 2 heterocycles. The molecule has 3 N–H and O–H groups in total. The van der Waals surface area contributed by atoms with Gasteiger partial charge in [0.25, 0.3) is 0 Å². The van der Waals surface area contributed by atoms with Crippen LogP contribution in [0.5, 0.6) is 5.75 Å². The zero-order chi connectivity index (χ0) is 20.6. The van der Waals surface area contributed by atoms with Gasteiger partial charge in [0.2, 0.25) is 5.91 Å². The number of carbonyl (C=O) groups excluding carboxylic acids is 1. The number of amidine groups is 1. The third kappa shape index (κ3) is 4.19. The normalized spacial score (nSPS) is 28.2. The Hall–Kier alpha value is -2.29. The van der Waals surface area contributed by atoms with E-state index >= 15 is 0 Å².